The van der Waals surface area contributed by atoms with Crippen LogP contribution >= 0.6 is 0 Å². The third kappa shape index (κ3) is 42.4. The van der Waals surface area contributed by atoms with E-state index in [2.05, 4.69) is 141 Å². The lowest BCUT2D eigenvalue weighted by atomic mass is 9.97. The summed E-state index contributed by atoms with van der Waals surface area (Å²) in [6, 6.07) is -0.940. The Labute approximate surface area is 545 Å². The first-order valence-electron chi connectivity index (χ1n) is 35.4. The van der Waals surface area contributed by atoms with Gasteiger partial charge in [0.1, 0.15) is 48.8 Å². The van der Waals surface area contributed by atoms with E-state index in [0.717, 1.165) is 109 Å². The van der Waals surface area contributed by atoms with Crippen LogP contribution in [0.3, 0.4) is 0 Å². The number of aliphatic hydroxyl groups is 8. The predicted molar refractivity (Wildman–Crippen MR) is 368 cm³/mol. The van der Waals surface area contributed by atoms with E-state index < -0.39 is 86.8 Å². The molecule has 0 aromatic heterocycles. The molecule has 1 amide bonds. The van der Waals surface area contributed by atoms with Crippen LogP contribution in [0.4, 0.5) is 0 Å². The molecule has 0 radical (unpaired) electrons. The third-order valence-electron chi connectivity index (χ3n) is 16.3. The standard InChI is InChI=1S/C76H127NO13/c1-3-5-7-9-11-13-15-17-19-21-23-25-26-27-28-29-30-31-32-33-34-35-36-37-38-40-42-44-46-48-50-52-54-56-58-60-68(81)77-64(65(80)59-57-55-53-51-49-47-45-43-41-39-24-22-20-18-16-14-12-10-8-6-4-2)63-87-75-73(86)71(84)74(67(62-79)89-75)90-76-72(85)70(83)69(82)66(61-78)88-76/h5,7,11,13,17,19,23,25,27-28,30-31,33-34,36-37,40,42,46,48,57,59,64-67,69-76,78-80,82-86H,3-4,6,8-10,12,14-16,18,20-22,24,26,29,32,35,38-39,41,43-45,47,49-56,58,60-63H2,1-2H3,(H,77,81)/b7-5-,13-11-,19-17-,25-23-,28-27-,31-30-,34-33-,37-36-,42-40-,48-46-,59-57+. The first-order valence-corrected chi connectivity index (χ1v) is 35.4. The van der Waals surface area contributed by atoms with Crippen molar-refractivity contribution in [2.45, 2.75) is 319 Å². The molecule has 9 N–H and O–H groups in total. The van der Waals surface area contributed by atoms with Crippen molar-refractivity contribution in [2.24, 2.45) is 0 Å². The predicted octanol–water partition coefficient (Wildman–Crippen LogP) is 14.7. The fraction of sp³-hybridized carbons (Fsp3) is 0.697. The van der Waals surface area contributed by atoms with E-state index in [4.69, 9.17) is 18.9 Å². The van der Waals surface area contributed by atoms with Gasteiger partial charge in [0, 0.05) is 6.42 Å². The molecule has 0 aromatic carbocycles. The van der Waals surface area contributed by atoms with Crippen LogP contribution in [0.15, 0.2) is 134 Å². The van der Waals surface area contributed by atoms with E-state index >= 15 is 0 Å². The molecule has 0 saturated carbocycles. The number of carbonyl (C=O) groups is 1. The van der Waals surface area contributed by atoms with Gasteiger partial charge in [-0.25, -0.2) is 0 Å². The number of nitrogens with one attached hydrogen (secondary N) is 1. The van der Waals surface area contributed by atoms with Gasteiger partial charge in [0.05, 0.1) is 32.0 Å². The van der Waals surface area contributed by atoms with Crippen LogP contribution in [0.5, 0.6) is 0 Å². The summed E-state index contributed by atoms with van der Waals surface area (Å²) in [6.45, 7) is 2.67. The first kappa shape index (κ1) is 82.2. The lowest BCUT2D eigenvalue weighted by Crippen LogP contribution is -2.65. The summed E-state index contributed by atoms with van der Waals surface area (Å²) in [5.74, 6) is -0.268. The van der Waals surface area contributed by atoms with Crippen molar-refractivity contribution in [1.29, 1.82) is 0 Å². The van der Waals surface area contributed by atoms with Crippen molar-refractivity contribution < 1.29 is 64.6 Å². The average Bonchev–Trinajstić information content (AvgIpc) is 1.28. The molecule has 14 nitrogen and oxygen atoms in total. The maximum Gasteiger partial charge on any atom is 0.220 e. The van der Waals surface area contributed by atoms with Gasteiger partial charge in [-0.2, -0.15) is 0 Å². The van der Waals surface area contributed by atoms with Gasteiger partial charge < -0.3 is 65.1 Å². The van der Waals surface area contributed by atoms with Gasteiger partial charge in [-0.1, -0.05) is 276 Å². The summed E-state index contributed by atoms with van der Waals surface area (Å²) in [5, 5.41) is 87.4. The fourth-order valence-electron chi connectivity index (χ4n) is 10.7. The molecule has 0 aliphatic carbocycles. The highest BCUT2D eigenvalue weighted by Crippen LogP contribution is 2.30. The maximum absolute atomic E-state index is 13.3. The van der Waals surface area contributed by atoms with E-state index in [1.807, 2.05) is 6.08 Å². The summed E-state index contributed by atoms with van der Waals surface area (Å²) in [5.41, 5.74) is 0. The third-order valence-corrected chi connectivity index (χ3v) is 16.3. The van der Waals surface area contributed by atoms with Crippen molar-refractivity contribution in [1.82, 2.24) is 5.32 Å². The van der Waals surface area contributed by atoms with Gasteiger partial charge in [-0.05, 0) is 96.3 Å². The topological polar surface area (TPSA) is 228 Å². The van der Waals surface area contributed by atoms with Crippen LogP contribution in [0.1, 0.15) is 245 Å². The van der Waals surface area contributed by atoms with Crippen LogP contribution in [-0.2, 0) is 23.7 Å². The minimum atomic E-state index is -1.80. The van der Waals surface area contributed by atoms with Crippen molar-refractivity contribution in [2.75, 3.05) is 19.8 Å². The van der Waals surface area contributed by atoms with Gasteiger partial charge >= 0.3 is 0 Å². The van der Waals surface area contributed by atoms with E-state index in [1.54, 1.807) is 6.08 Å². The van der Waals surface area contributed by atoms with Gasteiger partial charge in [0.2, 0.25) is 5.91 Å². The summed E-state index contributed by atoms with van der Waals surface area (Å²) in [7, 11) is 0. The van der Waals surface area contributed by atoms with Crippen molar-refractivity contribution in [3.05, 3.63) is 134 Å². The molecule has 2 saturated heterocycles. The Hall–Kier alpha value is -3.87. The first-order chi connectivity index (χ1) is 44.1. The summed E-state index contributed by atoms with van der Waals surface area (Å²) < 4.78 is 22.8. The zero-order valence-corrected chi connectivity index (χ0v) is 55.8. The highest BCUT2D eigenvalue weighted by molar-refractivity contribution is 5.76. The minimum absolute atomic E-state index is 0.243. The SMILES string of the molecule is CC/C=C\C/C=C\C/C=C\C/C=C\C/C=C\C/C=C\C/C=C\C/C=C\C/C=C\C/C=C\CCCCCCC(=O)NC(COC1OC(CO)C(OC2OC(CO)C(O)C(O)C2O)C(O)C1O)C(O)/C=C/CCCCCCCCCCCCCCCCCCCCC. The summed E-state index contributed by atoms with van der Waals surface area (Å²) in [6.07, 6.45) is 70.6. The van der Waals surface area contributed by atoms with E-state index in [9.17, 15) is 45.6 Å². The molecular weight excluding hydrogens is 1130 g/mol. The Balaban J connectivity index is 1.70. The molecule has 2 rings (SSSR count). The Morgan fingerprint density at radius 3 is 1.18 bits per heavy atom. The van der Waals surface area contributed by atoms with E-state index in [-0.39, 0.29) is 18.9 Å². The Morgan fingerprint density at radius 2 is 0.767 bits per heavy atom. The molecule has 0 aromatic rings. The second-order valence-corrected chi connectivity index (χ2v) is 24.3. The number of aliphatic hydroxyl groups excluding tert-OH is 8. The zero-order chi connectivity index (χ0) is 65.2. The lowest BCUT2D eigenvalue weighted by Gasteiger charge is -2.46. The molecule has 12 unspecified atom stereocenters. The Morgan fingerprint density at radius 1 is 0.411 bits per heavy atom. The normalized spacial score (nSPS) is 23.8. The number of allylic oxidation sites excluding steroid dienone is 21. The maximum atomic E-state index is 13.3. The molecular formula is C76H127NO13. The van der Waals surface area contributed by atoms with Crippen LogP contribution in [0, 0.1) is 0 Å². The molecule has 2 aliphatic rings. The monoisotopic (exact) mass is 1260 g/mol. The molecule has 2 fully saturated rings. The van der Waals surface area contributed by atoms with Gasteiger partial charge in [0.15, 0.2) is 12.6 Å². The quantitative estimate of drug-likeness (QED) is 0.0204. The number of amides is 1. The number of ether oxygens (including phenoxy) is 4. The minimum Gasteiger partial charge on any atom is -0.394 e. The smallest absolute Gasteiger partial charge is 0.220 e. The van der Waals surface area contributed by atoms with Crippen molar-refractivity contribution in [3.8, 4) is 0 Å². The van der Waals surface area contributed by atoms with Gasteiger partial charge in [-0.15, -0.1) is 0 Å². The number of carbonyl (C=O) groups excluding carboxylic acids is 1. The molecule has 2 aliphatic heterocycles. The molecule has 0 spiro atoms. The molecule has 12 atom stereocenters. The molecule has 14 heteroatoms. The highest BCUT2D eigenvalue weighted by atomic mass is 16.7. The molecule has 514 valence electrons. The summed E-state index contributed by atoms with van der Waals surface area (Å²) >= 11 is 0. The average molecular weight is 1260 g/mol. The Kier molecular flexibility index (Phi) is 53.8. The number of rotatable bonds is 56. The molecule has 2 heterocycles. The second kappa shape index (κ2) is 58.9. The fourth-order valence-corrected chi connectivity index (χ4v) is 10.7. The van der Waals surface area contributed by atoms with Crippen LogP contribution < -0.4 is 5.32 Å². The number of unbranched alkanes of at least 4 members (excludes halogenated alkanes) is 23. The number of hydrogen-bond acceptors (Lipinski definition) is 13. The molecule has 90 heavy (non-hydrogen) atoms. The van der Waals surface area contributed by atoms with Gasteiger partial charge in [0.25, 0.3) is 0 Å². The Bertz CT molecular complexity index is 2020. The summed E-state index contributed by atoms with van der Waals surface area (Å²) in [4.78, 5) is 13.3. The van der Waals surface area contributed by atoms with E-state index in [1.165, 1.54) is 109 Å². The van der Waals surface area contributed by atoms with Gasteiger partial charge in [-0.3, -0.25) is 4.79 Å². The van der Waals surface area contributed by atoms with Crippen LogP contribution in [0.25, 0.3) is 0 Å². The van der Waals surface area contributed by atoms with Crippen molar-refractivity contribution in [3.63, 3.8) is 0 Å². The van der Waals surface area contributed by atoms with E-state index in [0.29, 0.717) is 6.42 Å². The van der Waals surface area contributed by atoms with Crippen molar-refractivity contribution >= 4 is 5.91 Å². The lowest BCUT2D eigenvalue weighted by molar-refractivity contribution is -0.359. The largest absolute Gasteiger partial charge is 0.394 e. The second-order valence-electron chi connectivity index (χ2n) is 24.3. The zero-order valence-electron chi connectivity index (χ0n) is 55.8. The van der Waals surface area contributed by atoms with Crippen LogP contribution in [0.2, 0.25) is 0 Å². The highest BCUT2D eigenvalue weighted by Gasteiger charge is 2.51. The molecule has 0 bridgehead atoms. The number of hydrogen-bond donors (Lipinski definition) is 9. The van der Waals surface area contributed by atoms with Crippen LogP contribution in [-0.4, -0.2) is 140 Å².